The van der Waals surface area contributed by atoms with Crippen molar-refractivity contribution in [1.29, 1.82) is 5.26 Å². The highest BCUT2D eigenvalue weighted by atomic mass is 19.4. The van der Waals surface area contributed by atoms with Gasteiger partial charge >= 0.3 is 11.9 Å². The lowest BCUT2D eigenvalue weighted by atomic mass is 10.3. The zero-order chi connectivity index (χ0) is 12.5. The smallest absolute Gasteiger partial charge is 0.290 e. The molecule has 5 nitrogen and oxygen atoms in total. The molecule has 0 aliphatic heterocycles. The van der Waals surface area contributed by atoms with E-state index in [1.807, 2.05) is 0 Å². The molecule has 0 unspecified atom stereocenters. The van der Waals surface area contributed by atoms with Crippen molar-refractivity contribution in [2.45, 2.75) is 12.7 Å². The third kappa shape index (κ3) is 2.31. The van der Waals surface area contributed by atoms with Crippen LogP contribution in [0.25, 0.3) is 0 Å². The van der Waals surface area contributed by atoms with E-state index in [0.29, 0.717) is 10.8 Å². The van der Waals surface area contributed by atoms with Crippen LogP contribution in [0.15, 0.2) is 15.8 Å². The van der Waals surface area contributed by atoms with E-state index in [9.17, 15) is 22.8 Å². The van der Waals surface area contributed by atoms with Crippen molar-refractivity contribution in [2.24, 2.45) is 7.05 Å². The van der Waals surface area contributed by atoms with Gasteiger partial charge in [-0.15, -0.1) is 0 Å². The van der Waals surface area contributed by atoms with Gasteiger partial charge in [0, 0.05) is 13.2 Å². The number of hydrogen-bond acceptors (Lipinski definition) is 3. The van der Waals surface area contributed by atoms with Crippen molar-refractivity contribution in [3.05, 3.63) is 32.6 Å². The quantitative estimate of drug-likeness (QED) is 0.684. The maximum absolute atomic E-state index is 12.1. The average Bonchev–Trinajstić information content (AvgIpc) is 2.17. The fourth-order valence-electron chi connectivity index (χ4n) is 1.11. The number of hydrogen-bond donors (Lipinski definition) is 0. The third-order valence-electron chi connectivity index (χ3n) is 1.82. The van der Waals surface area contributed by atoms with Gasteiger partial charge in [0.05, 0.1) is 0 Å². The molecule has 0 bridgehead atoms. The molecule has 16 heavy (non-hydrogen) atoms. The summed E-state index contributed by atoms with van der Waals surface area (Å²) in [5.41, 5.74) is -2.53. The van der Waals surface area contributed by atoms with Crippen LogP contribution < -0.4 is 11.2 Å². The van der Waals surface area contributed by atoms with E-state index in [-0.39, 0.29) is 4.57 Å². The second-order valence-electron chi connectivity index (χ2n) is 3.04. The van der Waals surface area contributed by atoms with Crippen LogP contribution in [-0.2, 0) is 13.6 Å². The van der Waals surface area contributed by atoms with E-state index in [0.717, 1.165) is 7.05 Å². The first kappa shape index (κ1) is 12.0. The molecule has 1 heterocycles. The van der Waals surface area contributed by atoms with Crippen LogP contribution in [0.1, 0.15) is 5.56 Å². The summed E-state index contributed by atoms with van der Waals surface area (Å²) in [6, 6.07) is 1.43. The maximum atomic E-state index is 12.1. The molecule has 0 atom stereocenters. The molecule has 1 aromatic heterocycles. The summed E-state index contributed by atoms with van der Waals surface area (Å²) in [4.78, 5) is 22.4. The topological polar surface area (TPSA) is 67.8 Å². The standard InChI is InChI=1S/C8H6F3N3O2/c1-13-6(15)5(2-12)3-14(7(13)16)4-8(9,10)11/h3H,4H2,1H3. The second kappa shape index (κ2) is 3.84. The van der Waals surface area contributed by atoms with Gasteiger partial charge in [-0.2, -0.15) is 18.4 Å². The molecular formula is C8H6F3N3O2. The minimum absolute atomic E-state index is 0.278. The molecule has 0 fully saturated rings. The molecule has 86 valence electrons. The van der Waals surface area contributed by atoms with E-state index in [2.05, 4.69) is 0 Å². The predicted molar refractivity (Wildman–Crippen MR) is 46.7 cm³/mol. The normalized spacial score (nSPS) is 11.2. The number of rotatable bonds is 1. The largest absolute Gasteiger partial charge is 0.406 e. The third-order valence-corrected chi connectivity index (χ3v) is 1.82. The SMILES string of the molecule is Cn1c(=O)c(C#N)cn(CC(F)(F)F)c1=O. The zero-order valence-electron chi connectivity index (χ0n) is 8.08. The maximum Gasteiger partial charge on any atom is 0.406 e. The van der Waals surface area contributed by atoms with E-state index in [1.54, 1.807) is 0 Å². The molecule has 0 N–H and O–H groups in total. The van der Waals surface area contributed by atoms with Crippen molar-refractivity contribution in [1.82, 2.24) is 9.13 Å². The summed E-state index contributed by atoms with van der Waals surface area (Å²) in [6.45, 7) is -1.53. The first-order valence-corrected chi connectivity index (χ1v) is 4.03. The Morgan fingerprint density at radius 1 is 1.44 bits per heavy atom. The predicted octanol–water partition coefficient (Wildman–Crippen LogP) is -0.0190. The molecule has 0 aliphatic carbocycles. The monoisotopic (exact) mass is 233 g/mol. The Balaban J connectivity index is 3.45. The Morgan fingerprint density at radius 2 is 2.00 bits per heavy atom. The number of nitriles is 1. The first-order chi connectivity index (χ1) is 7.26. The Morgan fingerprint density at radius 3 is 2.44 bits per heavy atom. The van der Waals surface area contributed by atoms with Crippen molar-refractivity contribution in [3.8, 4) is 6.07 Å². The fraction of sp³-hybridized carbons (Fsp3) is 0.375. The Hall–Kier alpha value is -2.04. The highest BCUT2D eigenvalue weighted by Crippen LogP contribution is 2.15. The molecule has 0 amide bonds. The molecule has 0 saturated heterocycles. The van der Waals surface area contributed by atoms with Crippen molar-refractivity contribution in [2.75, 3.05) is 0 Å². The van der Waals surface area contributed by atoms with Gasteiger partial charge in [-0.05, 0) is 0 Å². The van der Waals surface area contributed by atoms with Crippen LogP contribution in [0.2, 0.25) is 0 Å². The first-order valence-electron chi connectivity index (χ1n) is 4.03. The lowest BCUT2D eigenvalue weighted by molar-refractivity contribution is -0.141. The van der Waals surface area contributed by atoms with Gasteiger partial charge in [-0.25, -0.2) is 4.79 Å². The summed E-state index contributed by atoms with van der Waals surface area (Å²) < 4.78 is 36.9. The summed E-state index contributed by atoms with van der Waals surface area (Å²) >= 11 is 0. The Kier molecular flexibility index (Phi) is 2.89. The van der Waals surface area contributed by atoms with E-state index in [4.69, 9.17) is 5.26 Å². The molecule has 0 aliphatic rings. The molecule has 0 aromatic carbocycles. The number of halogens is 3. The number of aromatic nitrogens is 2. The molecule has 8 heteroatoms. The van der Waals surface area contributed by atoms with Crippen LogP contribution in [0, 0.1) is 11.3 Å². The number of alkyl halides is 3. The molecule has 0 radical (unpaired) electrons. The zero-order valence-corrected chi connectivity index (χ0v) is 8.08. The molecule has 1 aromatic rings. The van der Waals surface area contributed by atoms with Crippen LogP contribution in [-0.4, -0.2) is 15.3 Å². The molecule has 0 saturated carbocycles. The van der Waals surface area contributed by atoms with E-state index in [1.165, 1.54) is 6.07 Å². The van der Waals surface area contributed by atoms with Crippen molar-refractivity contribution >= 4 is 0 Å². The van der Waals surface area contributed by atoms with Gasteiger partial charge in [0.1, 0.15) is 18.2 Å². The highest BCUT2D eigenvalue weighted by Gasteiger charge is 2.29. The van der Waals surface area contributed by atoms with E-state index < -0.39 is 29.5 Å². The molecule has 0 spiro atoms. The minimum Gasteiger partial charge on any atom is -0.290 e. The summed E-state index contributed by atoms with van der Waals surface area (Å²) in [7, 11) is 1.01. The van der Waals surface area contributed by atoms with Crippen LogP contribution >= 0.6 is 0 Å². The van der Waals surface area contributed by atoms with Gasteiger partial charge in [0.2, 0.25) is 0 Å². The fourth-order valence-corrected chi connectivity index (χ4v) is 1.11. The average molecular weight is 233 g/mol. The van der Waals surface area contributed by atoms with Gasteiger partial charge in [0.15, 0.2) is 0 Å². The van der Waals surface area contributed by atoms with Crippen LogP contribution in [0.4, 0.5) is 13.2 Å². The van der Waals surface area contributed by atoms with Gasteiger partial charge in [0.25, 0.3) is 5.56 Å². The lowest BCUT2D eigenvalue weighted by Crippen LogP contribution is -2.41. The van der Waals surface area contributed by atoms with Crippen molar-refractivity contribution in [3.63, 3.8) is 0 Å². The number of nitrogens with zero attached hydrogens (tertiary/aromatic N) is 3. The summed E-state index contributed by atoms with van der Waals surface area (Å²) in [5.74, 6) is 0. The van der Waals surface area contributed by atoms with Gasteiger partial charge in [-0.1, -0.05) is 0 Å². The summed E-state index contributed by atoms with van der Waals surface area (Å²) in [5, 5.41) is 8.50. The Bertz CT molecular complexity index is 562. The lowest BCUT2D eigenvalue weighted by Gasteiger charge is -2.10. The van der Waals surface area contributed by atoms with Crippen molar-refractivity contribution < 1.29 is 13.2 Å². The molecule has 1 rings (SSSR count). The highest BCUT2D eigenvalue weighted by molar-refractivity contribution is 5.22. The van der Waals surface area contributed by atoms with E-state index >= 15 is 0 Å². The molecular weight excluding hydrogens is 227 g/mol. The van der Waals surface area contributed by atoms with Crippen LogP contribution in [0.3, 0.4) is 0 Å². The van der Waals surface area contributed by atoms with Crippen LogP contribution in [0.5, 0.6) is 0 Å². The van der Waals surface area contributed by atoms with Gasteiger partial charge in [-0.3, -0.25) is 13.9 Å². The van der Waals surface area contributed by atoms with Gasteiger partial charge < -0.3 is 0 Å². The summed E-state index contributed by atoms with van der Waals surface area (Å²) in [6.07, 6.45) is -3.98. The second-order valence-corrected chi connectivity index (χ2v) is 3.04. The minimum atomic E-state index is -4.59. The Labute approximate surface area is 87.0 Å².